The molecule has 2 N–H and O–H groups in total. The Morgan fingerprint density at radius 1 is 1.59 bits per heavy atom. The number of carbonyl (C=O) groups is 3. The smallest absolute Gasteiger partial charge is 0.326 e. The lowest BCUT2D eigenvalue weighted by Crippen LogP contribution is -2.42. The Labute approximate surface area is 95.5 Å². The molecule has 1 rings (SSSR count). The number of carboxylic acids is 1. The minimum absolute atomic E-state index is 0.138. The zero-order valence-corrected chi connectivity index (χ0v) is 8.87. The third-order valence-electron chi connectivity index (χ3n) is 1.86. The maximum absolute atomic E-state index is 11.4. The van der Waals surface area contributed by atoms with Gasteiger partial charge in [0, 0.05) is 6.07 Å². The van der Waals surface area contributed by atoms with Gasteiger partial charge in [-0.1, -0.05) is 5.16 Å². The maximum atomic E-state index is 11.4. The molecule has 1 amide bonds. The molecule has 0 aromatic carbocycles. The highest BCUT2D eigenvalue weighted by atomic mass is 16.5. The molecule has 8 heteroatoms. The largest absolute Gasteiger partial charge is 0.480 e. The SMILES string of the molecule is COC(=O)C[C@H](NC(=O)c1ccno1)C(=O)O. The van der Waals surface area contributed by atoms with Crippen LogP contribution in [0.1, 0.15) is 17.0 Å². The summed E-state index contributed by atoms with van der Waals surface area (Å²) in [5.74, 6) is -2.99. The summed E-state index contributed by atoms with van der Waals surface area (Å²) in [4.78, 5) is 33.1. The van der Waals surface area contributed by atoms with Crippen LogP contribution in [0.3, 0.4) is 0 Å². The minimum Gasteiger partial charge on any atom is -0.480 e. The van der Waals surface area contributed by atoms with E-state index in [4.69, 9.17) is 5.11 Å². The van der Waals surface area contributed by atoms with Crippen LogP contribution in [0.15, 0.2) is 16.8 Å². The van der Waals surface area contributed by atoms with E-state index in [0.29, 0.717) is 0 Å². The van der Waals surface area contributed by atoms with Crippen molar-refractivity contribution in [3.05, 3.63) is 18.0 Å². The molecule has 0 spiro atoms. The van der Waals surface area contributed by atoms with Crippen LogP contribution in [0.4, 0.5) is 0 Å². The Balaban J connectivity index is 2.64. The fourth-order valence-electron chi connectivity index (χ4n) is 1.01. The predicted molar refractivity (Wildman–Crippen MR) is 52.0 cm³/mol. The second-order valence-electron chi connectivity index (χ2n) is 3.02. The molecule has 0 aliphatic carbocycles. The van der Waals surface area contributed by atoms with Crippen molar-refractivity contribution in [2.75, 3.05) is 7.11 Å². The predicted octanol–water partition coefficient (Wildman–Crippen LogP) is -0.579. The molecule has 1 aromatic heterocycles. The van der Waals surface area contributed by atoms with Crippen molar-refractivity contribution >= 4 is 17.8 Å². The van der Waals surface area contributed by atoms with Gasteiger partial charge in [0.05, 0.1) is 19.7 Å². The zero-order chi connectivity index (χ0) is 12.8. The molecular weight excluding hydrogens is 232 g/mol. The fraction of sp³-hybridized carbons (Fsp3) is 0.333. The first-order valence-corrected chi connectivity index (χ1v) is 4.55. The second-order valence-corrected chi connectivity index (χ2v) is 3.02. The lowest BCUT2D eigenvalue weighted by Gasteiger charge is -2.11. The van der Waals surface area contributed by atoms with E-state index >= 15 is 0 Å². The van der Waals surface area contributed by atoms with Crippen molar-refractivity contribution in [3.63, 3.8) is 0 Å². The standard InChI is InChI=1S/C9H10N2O6/c1-16-7(12)4-5(9(14)15)11-8(13)6-2-3-10-17-6/h2-3,5H,4H2,1H3,(H,11,13)(H,14,15)/t5-/m0/s1. The van der Waals surface area contributed by atoms with Gasteiger partial charge in [0.25, 0.3) is 5.91 Å². The second kappa shape index (κ2) is 5.64. The summed E-state index contributed by atoms with van der Waals surface area (Å²) >= 11 is 0. The molecular formula is C9H10N2O6. The fourth-order valence-corrected chi connectivity index (χ4v) is 1.01. The van der Waals surface area contributed by atoms with Gasteiger partial charge in [0.15, 0.2) is 0 Å². The highest BCUT2D eigenvalue weighted by Crippen LogP contribution is 2.00. The molecule has 0 saturated carbocycles. The molecule has 0 fully saturated rings. The third kappa shape index (κ3) is 3.59. The molecule has 17 heavy (non-hydrogen) atoms. The van der Waals surface area contributed by atoms with Crippen molar-refractivity contribution < 1.29 is 28.8 Å². The third-order valence-corrected chi connectivity index (χ3v) is 1.86. The Kier molecular flexibility index (Phi) is 4.21. The molecule has 1 heterocycles. The van der Waals surface area contributed by atoms with Crippen LogP contribution >= 0.6 is 0 Å². The molecule has 8 nitrogen and oxygen atoms in total. The first-order chi connectivity index (χ1) is 8.04. The maximum Gasteiger partial charge on any atom is 0.326 e. The van der Waals surface area contributed by atoms with Crippen LogP contribution in [-0.4, -0.2) is 41.3 Å². The topological polar surface area (TPSA) is 119 Å². The summed E-state index contributed by atoms with van der Waals surface area (Å²) in [5, 5.41) is 14.2. The van der Waals surface area contributed by atoms with Gasteiger partial charge < -0.3 is 19.7 Å². The number of hydrogen-bond acceptors (Lipinski definition) is 6. The van der Waals surface area contributed by atoms with Gasteiger partial charge in [-0.05, 0) is 0 Å². The van der Waals surface area contributed by atoms with Crippen LogP contribution < -0.4 is 5.32 Å². The van der Waals surface area contributed by atoms with Gasteiger partial charge in [-0.2, -0.15) is 0 Å². The van der Waals surface area contributed by atoms with Gasteiger partial charge in [-0.25, -0.2) is 4.79 Å². The molecule has 1 atom stereocenters. The number of rotatable bonds is 5. The van der Waals surface area contributed by atoms with E-state index in [1.807, 2.05) is 0 Å². The Morgan fingerprint density at radius 2 is 2.29 bits per heavy atom. The summed E-state index contributed by atoms with van der Waals surface area (Å²) < 4.78 is 8.85. The van der Waals surface area contributed by atoms with Crippen molar-refractivity contribution in [1.29, 1.82) is 0 Å². The highest BCUT2D eigenvalue weighted by molar-refractivity contribution is 5.95. The highest BCUT2D eigenvalue weighted by Gasteiger charge is 2.25. The zero-order valence-electron chi connectivity index (χ0n) is 8.87. The number of carboxylic acid groups (broad SMARTS) is 1. The summed E-state index contributed by atoms with van der Waals surface area (Å²) in [7, 11) is 1.12. The first-order valence-electron chi connectivity index (χ1n) is 4.55. The quantitative estimate of drug-likeness (QED) is 0.663. The first kappa shape index (κ1) is 12.7. The summed E-state index contributed by atoms with van der Waals surface area (Å²) in [6.45, 7) is 0. The van der Waals surface area contributed by atoms with Crippen molar-refractivity contribution in [2.24, 2.45) is 0 Å². The molecule has 0 aliphatic heterocycles. The number of methoxy groups -OCH3 is 1. The average Bonchev–Trinajstić information content (AvgIpc) is 2.81. The number of aromatic nitrogens is 1. The van der Waals surface area contributed by atoms with Gasteiger partial charge >= 0.3 is 11.9 Å². The minimum atomic E-state index is -1.37. The van der Waals surface area contributed by atoms with Gasteiger partial charge in [0.2, 0.25) is 5.76 Å². The van der Waals surface area contributed by atoms with E-state index in [0.717, 1.165) is 7.11 Å². The van der Waals surface area contributed by atoms with Crippen molar-refractivity contribution in [1.82, 2.24) is 10.5 Å². The van der Waals surface area contributed by atoms with Crippen molar-refractivity contribution in [3.8, 4) is 0 Å². The van der Waals surface area contributed by atoms with E-state index in [1.165, 1.54) is 12.3 Å². The summed E-state index contributed by atoms with van der Waals surface area (Å²) in [6, 6.07) is -0.105. The number of esters is 1. The van der Waals surface area contributed by atoms with E-state index in [9.17, 15) is 14.4 Å². The molecule has 0 aliphatic rings. The molecule has 0 unspecified atom stereocenters. The summed E-state index contributed by atoms with van der Waals surface area (Å²) in [5.41, 5.74) is 0. The van der Waals surface area contributed by atoms with Crippen molar-refractivity contribution in [2.45, 2.75) is 12.5 Å². The normalized spacial score (nSPS) is 11.6. The van der Waals surface area contributed by atoms with Crippen LogP contribution in [0, 0.1) is 0 Å². The Morgan fingerprint density at radius 3 is 2.76 bits per heavy atom. The number of aliphatic carboxylic acids is 1. The Hall–Kier alpha value is -2.38. The number of ether oxygens (including phenoxy) is 1. The van der Waals surface area contributed by atoms with Gasteiger partial charge in [-0.15, -0.1) is 0 Å². The number of carbonyl (C=O) groups excluding carboxylic acids is 2. The molecule has 0 radical (unpaired) electrons. The van der Waals surface area contributed by atoms with E-state index in [1.54, 1.807) is 0 Å². The van der Waals surface area contributed by atoms with Gasteiger partial charge in [-0.3, -0.25) is 9.59 Å². The van der Waals surface area contributed by atoms with Crippen LogP contribution in [0.5, 0.6) is 0 Å². The molecule has 92 valence electrons. The van der Waals surface area contributed by atoms with E-state index in [-0.39, 0.29) is 5.76 Å². The van der Waals surface area contributed by atoms with E-state index in [2.05, 4.69) is 19.7 Å². The molecule has 0 saturated heterocycles. The Bertz CT molecular complexity index is 413. The molecule has 1 aromatic rings. The average molecular weight is 242 g/mol. The van der Waals surface area contributed by atoms with Gasteiger partial charge in [0.1, 0.15) is 6.04 Å². The summed E-state index contributed by atoms with van der Waals surface area (Å²) in [6.07, 6.45) is 0.775. The van der Waals surface area contributed by atoms with Crippen LogP contribution in [0.25, 0.3) is 0 Å². The number of nitrogens with zero attached hydrogens (tertiary/aromatic N) is 1. The van der Waals surface area contributed by atoms with Crippen LogP contribution in [-0.2, 0) is 14.3 Å². The van der Waals surface area contributed by atoms with E-state index < -0.39 is 30.3 Å². The monoisotopic (exact) mass is 242 g/mol. The van der Waals surface area contributed by atoms with Crippen LogP contribution in [0.2, 0.25) is 0 Å². The number of hydrogen-bond donors (Lipinski definition) is 2. The lowest BCUT2D eigenvalue weighted by molar-refractivity contribution is -0.147. The number of amides is 1. The lowest BCUT2D eigenvalue weighted by atomic mass is 10.2. The number of nitrogens with one attached hydrogen (secondary N) is 1. The molecule has 0 bridgehead atoms.